The zero-order valence-electron chi connectivity index (χ0n) is 10.3. The molecule has 0 aliphatic heterocycles. The number of methoxy groups -OCH3 is 1. The van der Waals surface area contributed by atoms with Crippen LogP contribution in [0.25, 0.3) is 0 Å². The molecule has 1 aromatic rings. The van der Waals surface area contributed by atoms with Gasteiger partial charge in [-0.1, -0.05) is 12.1 Å². The van der Waals surface area contributed by atoms with Crippen LogP contribution in [0.5, 0.6) is 5.75 Å². The standard InChI is InChI=1S/C12H20N2O2S/c1-13-16-8-7-14-12(9-17)10-3-5-11(15-2)6-4-10/h3-6,12-14,17H,7-9H2,1-2H3/t12-/m1/s1. The lowest BCUT2D eigenvalue weighted by molar-refractivity contribution is 0.0591. The normalized spacial score (nSPS) is 12.4. The smallest absolute Gasteiger partial charge is 0.118 e. The quantitative estimate of drug-likeness (QED) is 0.374. The molecule has 0 saturated carbocycles. The molecule has 0 bridgehead atoms. The maximum absolute atomic E-state index is 5.13. The summed E-state index contributed by atoms with van der Waals surface area (Å²) in [5.74, 6) is 1.61. The number of nitrogens with one attached hydrogen (secondary N) is 2. The van der Waals surface area contributed by atoms with Gasteiger partial charge >= 0.3 is 0 Å². The van der Waals surface area contributed by atoms with E-state index in [1.807, 2.05) is 24.3 Å². The van der Waals surface area contributed by atoms with Crippen LogP contribution in [0.2, 0.25) is 0 Å². The highest BCUT2D eigenvalue weighted by Gasteiger charge is 2.08. The molecule has 1 rings (SSSR count). The molecule has 17 heavy (non-hydrogen) atoms. The van der Waals surface area contributed by atoms with E-state index in [0.717, 1.165) is 18.0 Å². The second-order valence-electron chi connectivity index (χ2n) is 3.52. The van der Waals surface area contributed by atoms with Crippen LogP contribution in [-0.2, 0) is 4.84 Å². The van der Waals surface area contributed by atoms with Gasteiger partial charge in [0, 0.05) is 25.4 Å². The Bertz CT molecular complexity index is 306. The van der Waals surface area contributed by atoms with Gasteiger partial charge in [-0.2, -0.15) is 12.6 Å². The Labute approximate surface area is 108 Å². The summed E-state index contributed by atoms with van der Waals surface area (Å²) in [5.41, 5.74) is 3.84. The molecule has 1 aromatic carbocycles. The fraction of sp³-hybridized carbons (Fsp3) is 0.500. The van der Waals surface area contributed by atoms with Crippen LogP contribution in [-0.4, -0.2) is 33.1 Å². The minimum absolute atomic E-state index is 0.227. The number of rotatable bonds is 8. The molecule has 0 amide bonds. The molecule has 5 heteroatoms. The van der Waals surface area contributed by atoms with Crippen LogP contribution in [0.3, 0.4) is 0 Å². The second-order valence-corrected chi connectivity index (χ2v) is 3.88. The third kappa shape index (κ3) is 4.95. The predicted octanol–water partition coefficient (Wildman–Crippen LogP) is 1.41. The summed E-state index contributed by atoms with van der Waals surface area (Å²) in [6.07, 6.45) is 0. The van der Waals surface area contributed by atoms with E-state index < -0.39 is 0 Å². The van der Waals surface area contributed by atoms with Crippen molar-refractivity contribution in [1.29, 1.82) is 0 Å². The number of benzene rings is 1. The van der Waals surface area contributed by atoms with Crippen molar-refractivity contribution in [3.63, 3.8) is 0 Å². The first-order valence-electron chi connectivity index (χ1n) is 5.58. The van der Waals surface area contributed by atoms with E-state index in [-0.39, 0.29) is 6.04 Å². The summed E-state index contributed by atoms with van der Waals surface area (Å²) < 4.78 is 5.13. The Morgan fingerprint density at radius 1 is 1.29 bits per heavy atom. The molecule has 96 valence electrons. The van der Waals surface area contributed by atoms with Crippen molar-refractivity contribution in [3.8, 4) is 5.75 Å². The Morgan fingerprint density at radius 3 is 2.53 bits per heavy atom. The summed E-state index contributed by atoms with van der Waals surface area (Å²) >= 11 is 4.35. The fourth-order valence-corrected chi connectivity index (χ4v) is 1.85. The first-order chi connectivity index (χ1) is 8.31. The molecular formula is C12H20N2O2S. The Morgan fingerprint density at radius 2 is 2.00 bits per heavy atom. The van der Waals surface area contributed by atoms with E-state index in [1.165, 1.54) is 5.56 Å². The largest absolute Gasteiger partial charge is 0.497 e. The minimum atomic E-state index is 0.227. The van der Waals surface area contributed by atoms with Gasteiger partial charge in [-0.15, -0.1) is 0 Å². The van der Waals surface area contributed by atoms with Crippen molar-refractivity contribution in [2.75, 3.05) is 33.1 Å². The van der Waals surface area contributed by atoms with Crippen molar-refractivity contribution in [1.82, 2.24) is 10.8 Å². The highest BCUT2D eigenvalue weighted by molar-refractivity contribution is 7.80. The summed E-state index contributed by atoms with van der Waals surface area (Å²) in [4.78, 5) is 5.04. The molecule has 0 aromatic heterocycles. The van der Waals surface area contributed by atoms with Gasteiger partial charge < -0.3 is 14.9 Å². The van der Waals surface area contributed by atoms with E-state index in [1.54, 1.807) is 14.2 Å². The highest BCUT2D eigenvalue weighted by Crippen LogP contribution is 2.18. The van der Waals surface area contributed by atoms with Crippen LogP contribution in [0.4, 0.5) is 0 Å². The average molecular weight is 256 g/mol. The summed E-state index contributed by atoms with van der Waals surface area (Å²) in [6.45, 7) is 1.40. The van der Waals surface area contributed by atoms with E-state index in [0.29, 0.717) is 6.61 Å². The molecule has 0 heterocycles. The number of thiol groups is 1. The second kappa shape index (κ2) is 8.36. The molecule has 0 spiro atoms. The van der Waals surface area contributed by atoms with E-state index >= 15 is 0 Å². The molecule has 0 unspecified atom stereocenters. The lowest BCUT2D eigenvalue weighted by atomic mass is 10.1. The third-order valence-electron chi connectivity index (χ3n) is 2.44. The lowest BCUT2D eigenvalue weighted by Gasteiger charge is -2.17. The fourth-order valence-electron chi connectivity index (χ4n) is 1.51. The first-order valence-corrected chi connectivity index (χ1v) is 6.21. The summed E-state index contributed by atoms with van der Waals surface area (Å²) in [5, 5.41) is 3.38. The maximum atomic E-state index is 5.13. The van der Waals surface area contributed by atoms with E-state index in [9.17, 15) is 0 Å². The van der Waals surface area contributed by atoms with Crippen LogP contribution < -0.4 is 15.5 Å². The highest BCUT2D eigenvalue weighted by atomic mass is 32.1. The van der Waals surface area contributed by atoms with Gasteiger partial charge in [0.1, 0.15) is 5.75 Å². The number of ether oxygens (including phenoxy) is 1. The molecular weight excluding hydrogens is 236 g/mol. The van der Waals surface area contributed by atoms with E-state index in [2.05, 4.69) is 23.4 Å². The number of hydroxylamine groups is 1. The van der Waals surface area contributed by atoms with Crippen molar-refractivity contribution >= 4 is 12.6 Å². The zero-order valence-corrected chi connectivity index (χ0v) is 11.2. The van der Waals surface area contributed by atoms with Crippen molar-refractivity contribution in [3.05, 3.63) is 29.8 Å². The minimum Gasteiger partial charge on any atom is -0.497 e. The van der Waals surface area contributed by atoms with Crippen LogP contribution in [0, 0.1) is 0 Å². The Hall–Kier alpha value is -0.750. The van der Waals surface area contributed by atoms with E-state index in [4.69, 9.17) is 9.57 Å². The number of hydrogen-bond acceptors (Lipinski definition) is 5. The van der Waals surface area contributed by atoms with Gasteiger partial charge in [-0.3, -0.25) is 0 Å². The molecule has 4 nitrogen and oxygen atoms in total. The Balaban J connectivity index is 2.47. The zero-order chi connectivity index (χ0) is 12.5. The van der Waals surface area contributed by atoms with Crippen LogP contribution in [0.15, 0.2) is 24.3 Å². The van der Waals surface area contributed by atoms with Gasteiger partial charge in [-0.25, -0.2) is 5.48 Å². The van der Waals surface area contributed by atoms with Gasteiger partial charge in [-0.05, 0) is 17.7 Å². The first kappa shape index (κ1) is 14.3. The van der Waals surface area contributed by atoms with Crippen LogP contribution in [0.1, 0.15) is 11.6 Å². The monoisotopic (exact) mass is 256 g/mol. The Kier molecular flexibility index (Phi) is 7.04. The average Bonchev–Trinajstić information content (AvgIpc) is 2.39. The summed E-state index contributed by atoms with van der Waals surface area (Å²) in [6, 6.07) is 8.23. The molecule has 0 fully saturated rings. The number of hydrogen-bond donors (Lipinski definition) is 3. The topological polar surface area (TPSA) is 42.5 Å². The molecule has 0 radical (unpaired) electrons. The lowest BCUT2D eigenvalue weighted by Crippen LogP contribution is -2.28. The molecule has 0 aliphatic rings. The maximum Gasteiger partial charge on any atom is 0.118 e. The third-order valence-corrected chi connectivity index (χ3v) is 2.81. The molecule has 0 saturated heterocycles. The molecule has 1 atom stereocenters. The van der Waals surface area contributed by atoms with Crippen molar-refractivity contribution in [2.24, 2.45) is 0 Å². The van der Waals surface area contributed by atoms with Gasteiger partial charge in [0.2, 0.25) is 0 Å². The summed E-state index contributed by atoms with van der Waals surface area (Å²) in [7, 11) is 3.41. The van der Waals surface area contributed by atoms with Crippen LogP contribution >= 0.6 is 12.6 Å². The predicted molar refractivity (Wildman–Crippen MR) is 72.6 cm³/mol. The van der Waals surface area contributed by atoms with Gasteiger partial charge in [0.15, 0.2) is 0 Å². The van der Waals surface area contributed by atoms with Crippen molar-refractivity contribution < 1.29 is 9.57 Å². The van der Waals surface area contributed by atoms with Gasteiger partial charge in [0.25, 0.3) is 0 Å². The molecule has 2 N–H and O–H groups in total. The van der Waals surface area contributed by atoms with Crippen molar-refractivity contribution in [2.45, 2.75) is 6.04 Å². The molecule has 0 aliphatic carbocycles. The van der Waals surface area contributed by atoms with Gasteiger partial charge in [0.05, 0.1) is 13.7 Å². The SMILES string of the molecule is CNOCCN[C@H](CS)c1ccc(OC)cc1.